The van der Waals surface area contributed by atoms with Crippen molar-refractivity contribution in [1.29, 1.82) is 0 Å². The van der Waals surface area contributed by atoms with E-state index in [1.807, 2.05) is 21.0 Å². The monoisotopic (exact) mass is 299 g/mol. The third-order valence-corrected chi connectivity index (χ3v) is 4.68. The molecule has 0 aliphatic carbocycles. The molecule has 0 bridgehead atoms. The molecule has 0 fully saturated rings. The Morgan fingerprint density at radius 3 is 2.25 bits per heavy atom. The second kappa shape index (κ2) is 7.76. The zero-order valence-corrected chi connectivity index (χ0v) is 13.6. The van der Waals surface area contributed by atoms with Crippen molar-refractivity contribution >= 4 is 10.1 Å². The Kier molecular flexibility index (Phi) is 6.65. The molecule has 0 saturated heterocycles. The van der Waals surface area contributed by atoms with Gasteiger partial charge in [0.05, 0.1) is 11.5 Å². The first-order valence-corrected chi connectivity index (χ1v) is 8.40. The summed E-state index contributed by atoms with van der Waals surface area (Å²) in [5.74, 6) is 0. The maximum absolute atomic E-state index is 12.0. The van der Waals surface area contributed by atoms with Crippen LogP contribution in [0.2, 0.25) is 0 Å². The second-order valence-corrected chi connectivity index (χ2v) is 6.90. The SMILES string of the molecule is CCCC(CCOS(=O)(=O)c1ccc(C)cc1)N(C)C. The van der Waals surface area contributed by atoms with Crippen LogP contribution in [0.5, 0.6) is 0 Å². The van der Waals surface area contributed by atoms with Crippen molar-refractivity contribution in [2.24, 2.45) is 0 Å². The molecule has 1 atom stereocenters. The van der Waals surface area contributed by atoms with Crippen LogP contribution in [0, 0.1) is 6.92 Å². The van der Waals surface area contributed by atoms with E-state index in [2.05, 4.69) is 11.8 Å². The first-order valence-electron chi connectivity index (χ1n) is 6.99. The van der Waals surface area contributed by atoms with Crippen LogP contribution in [0.15, 0.2) is 29.2 Å². The van der Waals surface area contributed by atoms with Crippen LogP contribution >= 0.6 is 0 Å². The fourth-order valence-corrected chi connectivity index (χ4v) is 2.98. The molecule has 1 rings (SSSR count). The Hall–Kier alpha value is -0.910. The third-order valence-electron chi connectivity index (χ3n) is 3.35. The molecule has 5 heteroatoms. The predicted octanol–water partition coefficient (Wildman–Crippen LogP) is 2.82. The van der Waals surface area contributed by atoms with E-state index in [0.717, 1.165) is 18.4 Å². The number of aryl methyl sites for hydroxylation is 1. The third kappa shape index (κ3) is 5.23. The highest BCUT2D eigenvalue weighted by Crippen LogP contribution is 2.15. The van der Waals surface area contributed by atoms with E-state index in [1.54, 1.807) is 24.3 Å². The Balaban J connectivity index is 2.57. The number of nitrogens with zero attached hydrogens (tertiary/aromatic N) is 1. The molecule has 1 aromatic rings. The largest absolute Gasteiger partial charge is 0.306 e. The highest BCUT2D eigenvalue weighted by molar-refractivity contribution is 7.86. The van der Waals surface area contributed by atoms with Gasteiger partial charge < -0.3 is 4.90 Å². The minimum atomic E-state index is -3.63. The summed E-state index contributed by atoms with van der Waals surface area (Å²) in [7, 11) is 0.386. The molecule has 0 spiro atoms. The van der Waals surface area contributed by atoms with Crippen LogP contribution in [0.25, 0.3) is 0 Å². The summed E-state index contributed by atoms with van der Waals surface area (Å²) in [5, 5.41) is 0. The van der Waals surface area contributed by atoms with Crippen LogP contribution < -0.4 is 0 Å². The van der Waals surface area contributed by atoms with Crippen molar-refractivity contribution in [2.75, 3.05) is 20.7 Å². The average molecular weight is 299 g/mol. The van der Waals surface area contributed by atoms with Gasteiger partial charge in [-0.25, -0.2) is 0 Å². The summed E-state index contributed by atoms with van der Waals surface area (Å²) < 4.78 is 29.2. The van der Waals surface area contributed by atoms with Crippen molar-refractivity contribution in [3.63, 3.8) is 0 Å². The van der Waals surface area contributed by atoms with Gasteiger partial charge in [0.1, 0.15) is 0 Å². The Bertz CT molecular complexity index is 494. The zero-order valence-electron chi connectivity index (χ0n) is 12.8. The fraction of sp³-hybridized carbons (Fsp3) is 0.600. The molecular weight excluding hydrogens is 274 g/mol. The maximum Gasteiger partial charge on any atom is 0.296 e. The number of rotatable bonds is 8. The number of hydrogen-bond acceptors (Lipinski definition) is 4. The molecule has 0 aliphatic rings. The normalized spacial score (nSPS) is 13.7. The van der Waals surface area contributed by atoms with Gasteiger partial charge in [0, 0.05) is 6.04 Å². The van der Waals surface area contributed by atoms with Crippen molar-refractivity contribution in [1.82, 2.24) is 4.90 Å². The van der Waals surface area contributed by atoms with Gasteiger partial charge in [0.15, 0.2) is 0 Å². The van der Waals surface area contributed by atoms with E-state index < -0.39 is 10.1 Å². The van der Waals surface area contributed by atoms with Crippen molar-refractivity contribution in [2.45, 2.75) is 44.0 Å². The van der Waals surface area contributed by atoms with E-state index >= 15 is 0 Å². The topological polar surface area (TPSA) is 46.6 Å². The lowest BCUT2D eigenvalue weighted by molar-refractivity contribution is 0.215. The molecule has 0 amide bonds. The molecule has 0 saturated carbocycles. The molecule has 1 aromatic carbocycles. The van der Waals surface area contributed by atoms with Crippen LogP contribution in [0.4, 0.5) is 0 Å². The Morgan fingerprint density at radius 2 is 1.75 bits per heavy atom. The van der Waals surface area contributed by atoms with Gasteiger partial charge in [-0.3, -0.25) is 4.18 Å². The molecule has 1 unspecified atom stereocenters. The molecule has 4 nitrogen and oxygen atoms in total. The molecule has 0 radical (unpaired) electrons. The van der Waals surface area contributed by atoms with Crippen molar-refractivity contribution in [3.05, 3.63) is 29.8 Å². The lowest BCUT2D eigenvalue weighted by Crippen LogP contribution is -2.29. The molecule has 0 aliphatic heterocycles. The lowest BCUT2D eigenvalue weighted by Gasteiger charge is -2.23. The summed E-state index contributed by atoms with van der Waals surface area (Å²) in [6, 6.07) is 7.07. The Morgan fingerprint density at radius 1 is 1.15 bits per heavy atom. The maximum atomic E-state index is 12.0. The van der Waals surface area contributed by atoms with Crippen molar-refractivity contribution in [3.8, 4) is 0 Å². The van der Waals surface area contributed by atoms with E-state index in [1.165, 1.54) is 0 Å². The van der Waals surface area contributed by atoms with Gasteiger partial charge in [0.2, 0.25) is 0 Å². The average Bonchev–Trinajstić information content (AvgIpc) is 2.38. The smallest absolute Gasteiger partial charge is 0.296 e. The van der Waals surface area contributed by atoms with Gasteiger partial charge in [-0.1, -0.05) is 31.0 Å². The second-order valence-electron chi connectivity index (χ2n) is 5.28. The minimum Gasteiger partial charge on any atom is -0.306 e. The predicted molar refractivity (Wildman–Crippen MR) is 81.3 cm³/mol. The highest BCUT2D eigenvalue weighted by atomic mass is 32.2. The summed E-state index contributed by atoms with van der Waals surface area (Å²) in [6.45, 7) is 4.27. The lowest BCUT2D eigenvalue weighted by atomic mass is 10.1. The summed E-state index contributed by atoms with van der Waals surface area (Å²) in [6.07, 6.45) is 2.83. The molecular formula is C15H25NO3S. The highest BCUT2D eigenvalue weighted by Gasteiger charge is 2.17. The first-order chi connectivity index (χ1) is 9.36. The Labute approximate surface area is 122 Å². The number of hydrogen-bond donors (Lipinski definition) is 0. The van der Waals surface area contributed by atoms with Crippen LogP contribution in [-0.4, -0.2) is 40.1 Å². The van der Waals surface area contributed by atoms with Crippen LogP contribution in [0.3, 0.4) is 0 Å². The van der Waals surface area contributed by atoms with E-state index in [-0.39, 0.29) is 11.5 Å². The van der Waals surface area contributed by atoms with Gasteiger partial charge in [-0.2, -0.15) is 8.42 Å². The molecule has 0 N–H and O–H groups in total. The van der Waals surface area contributed by atoms with Crippen LogP contribution in [-0.2, 0) is 14.3 Å². The van der Waals surface area contributed by atoms with E-state index in [9.17, 15) is 8.42 Å². The molecule has 0 aromatic heterocycles. The van der Waals surface area contributed by atoms with Gasteiger partial charge >= 0.3 is 0 Å². The summed E-state index contributed by atoms with van der Waals surface area (Å²) in [4.78, 5) is 2.34. The number of benzene rings is 1. The zero-order chi connectivity index (χ0) is 15.2. The standard InChI is InChI=1S/C15H25NO3S/c1-5-6-14(16(3)4)11-12-19-20(17,18)15-9-7-13(2)8-10-15/h7-10,14H,5-6,11-12H2,1-4H3. The van der Waals surface area contributed by atoms with Gasteiger partial charge in [-0.05, 0) is 46.0 Å². The van der Waals surface area contributed by atoms with Gasteiger partial charge in [0.25, 0.3) is 10.1 Å². The molecule has 114 valence electrons. The summed E-state index contributed by atoms with van der Waals surface area (Å²) in [5.41, 5.74) is 1.03. The first kappa shape index (κ1) is 17.1. The van der Waals surface area contributed by atoms with E-state index in [4.69, 9.17) is 4.18 Å². The van der Waals surface area contributed by atoms with Gasteiger partial charge in [-0.15, -0.1) is 0 Å². The fourth-order valence-electron chi connectivity index (χ4n) is 2.06. The molecule has 0 heterocycles. The minimum absolute atomic E-state index is 0.221. The van der Waals surface area contributed by atoms with E-state index in [0.29, 0.717) is 12.5 Å². The quantitative estimate of drug-likeness (QED) is 0.693. The molecule has 20 heavy (non-hydrogen) atoms. The van der Waals surface area contributed by atoms with Crippen molar-refractivity contribution < 1.29 is 12.6 Å². The van der Waals surface area contributed by atoms with Crippen LogP contribution in [0.1, 0.15) is 31.7 Å². The summed E-state index contributed by atoms with van der Waals surface area (Å²) >= 11 is 0.